The lowest BCUT2D eigenvalue weighted by molar-refractivity contribution is 0.331. The number of pyridine rings is 3. The van der Waals surface area contributed by atoms with E-state index in [2.05, 4.69) is 29.7 Å². The first-order valence-corrected chi connectivity index (χ1v) is 12.7. The third kappa shape index (κ3) is 5.33. The largest absolute Gasteiger partial charge is 0.311 e. The van der Waals surface area contributed by atoms with Crippen LogP contribution in [0.5, 0.6) is 0 Å². The van der Waals surface area contributed by atoms with Gasteiger partial charge in [0.25, 0.3) is 0 Å². The van der Waals surface area contributed by atoms with Crippen LogP contribution in [-0.2, 0) is 17.5 Å². The molecule has 0 saturated heterocycles. The first-order valence-electron chi connectivity index (χ1n) is 11.4. The lowest BCUT2D eigenvalue weighted by Crippen LogP contribution is -2.50. The molecule has 2 atom stereocenters. The second-order valence-electron chi connectivity index (χ2n) is 8.18. The smallest absolute Gasteiger partial charge is 0.162 e. The molecule has 10 heteroatoms. The van der Waals surface area contributed by atoms with Crippen LogP contribution < -0.4 is 10.3 Å². The van der Waals surface area contributed by atoms with Crippen molar-refractivity contribution in [2.24, 2.45) is 9.39 Å². The van der Waals surface area contributed by atoms with Crippen LogP contribution in [0.3, 0.4) is 0 Å². The minimum Gasteiger partial charge on any atom is -0.311 e. The minimum atomic E-state index is -1.34. The number of aromatic nitrogens is 3. The molecule has 0 fully saturated rings. The summed E-state index contributed by atoms with van der Waals surface area (Å²) in [6.45, 7) is 1.27. The molecule has 35 heavy (non-hydrogen) atoms. The van der Waals surface area contributed by atoms with Gasteiger partial charge in [0, 0.05) is 44.1 Å². The third-order valence-corrected chi connectivity index (χ3v) is 6.70. The summed E-state index contributed by atoms with van der Waals surface area (Å²) in [5.41, 5.74) is 3.79. The SMILES string of the molecule is O=S1CN(NCc2ccncc2)C(C2(CCCN(c3ccccn3)c3ccccn3)C=CC=N2)=N1. The molecule has 0 saturated carbocycles. The van der Waals surface area contributed by atoms with Gasteiger partial charge in [-0.15, -0.1) is 0 Å². The first-order chi connectivity index (χ1) is 17.2. The lowest BCUT2D eigenvalue weighted by atomic mass is 9.92. The Labute approximate surface area is 206 Å². The second kappa shape index (κ2) is 10.7. The summed E-state index contributed by atoms with van der Waals surface area (Å²) in [5, 5.41) is 1.87. The number of hydrogen-bond donors (Lipinski definition) is 1. The van der Waals surface area contributed by atoms with Gasteiger partial charge in [-0.3, -0.25) is 15.0 Å². The summed E-state index contributed by atoms with van der Waals surface area (Å²) in [4.78, 5) is 20.0. The summed E-state index contributed by atoms with van der Waals surface area (Å²) in [6.07, 6.45) is 14.3. The van der Waals surface area contributed by atoms with Crippen molar-refractivity contribution >= 4 is 34.7 Å². The van der Waals surface area contributed by atoms with Gasteiger partial charge in [0.15, 0.2) is 16.8 Å². The number of allylic oxidation sites excluding steroid dienone is 1. The fraction of sp³-hybridized carbons (Fsp3) is 0.240. The van der Waals surface area contributed by atoms with E-state index < -0.39 is 16.5 Å². The number of anilines is 2. The number of amidine groups is 1. The van der Waals surface area contributed by atoms with E-state index in [0.717, 1.165) is 23.6 Å². The number of rotatable bonds is 10. The predicted molar refractivity (Wildman–Crippen MR) is 138 cm³/mol. The van der Waals surface area contributed by atoms with E-state index in [4.69, 9.17) is 4.99 Å². The van der Waals surface area contributed by atoms with Crippen molar-refractivity contribution < 1.29 is 4.21 Å². The van der Waals surface area contributed by atoms with Gasteiger partial charge in [-0.2, -0.15) is 4.40 Å². The standard InChI is InChI=1S/C25H26N8OS/c34-35-20-33(30-19-21-9-16-26-17-10-21)24(31-35)25(11-5-15-29-25)12-6-18-32(22-7-1-3-13-27-22)23-8-2-4-14-28-23/h1-5,7-11,13-17,30H,6,12,18-20H2. The number of hydrogen-bond acceptors (Lipinski definition) is 8. The van der Waals surface area contributed by atoms with Crippen LogP contribution in [0, 0.1) is 0 Å². The first kappa shape index (κ1) is 23.0. The molecule has 3 aromatic heterocycles. The van der Waals surface area contributed by atoms with Gasteiger partial charge in [-0.05, 0) is 67.0 Å². The van der Waals surface area contributed by atoms with Crippen LogP contribution in [0.25, 0.3) is 0 Å². The lowest BCUT2D eigenvalue weighted by Gasteiger charge is -2.32. The van der Waals surface area contributed by atoms with Crippen molar-refractivity contribution in [1.82, 2.24) is 25.4 Å². The average molecular weight is 487 g/mol. The van der Waals surface area contributed by atoms with Gasteiger partial charge in [-0.25, -0.2) is 19.6 Å². The highest BCUT2D eigenvalue weighted by Gasteiger charge is 2.41. The number of hydrazine groups is 1. The summed E-state index contributed by atoms with van der Waals surface area (Å²) in [5.74, 6) is 2.65. The van der Waals surface area contributed by atoms with Crippen molar-refractivity contribution in [2.75, 3.05) is 17.3 Å². The highest BCUT2D eigenvalue weighted by Crippen LogP contribution is 2.31. The van der Waals surface area contributed by atoms with Gasteiger partial charge < -0.3 is 4.90 Å². The Balaban J connectivity index is 1.31. The molecule has 2 unspecified atom stereocenters. The Hall–Kier alpha value is -3.76. The Morgan fingerprint density at radius 2 is 1.74 bits per heavy atom. The van der Waals surface area contributed by atoms with Crippen LogP contribution in [0.4, 0.5) is 11.6 Å². The fourth-order valence-electron chi connectivity index (χ4n) is 4.16. The Morgan fingerprint density at radius 1 is 1.00 bits per heavy atom. The molecule has 0 aromatic carbocycles. The van der Waals surface area contributed by atoms with Gasteiger partial charge in [-0.1, -0.05) is 12.1 Å². The van der Waals surface area contributed by atoms with Crippen LogP contribution >= 0.6 is 0 Å². The van der Waals surface area contributed by atoms with E-state index in [1.807, 2.05) is 65.7 Å². The summed E-state index contributed by atoms with van der Waals surface area (Å²) >= 11 is 0. The average Bonchev–Trinajstić information content (AvgIpc) is 3.54. The monoisotopic (exact) mass is 486 g/mol. The predicted octanol–water partition coefficient (Wildman–Crippen LogP) is 3.21. The van der Waals surface area contributed by atoms with Gasteiger partial charge in [0.1, 0.15) is 23.1 Å². The topological polar surface area (TPSA) is 99.0 Å². The molecule has 0 bridgehead atoms. The zero-order valence-electron chi connectivity index (χ0n) is 19.1. The van der Waals surface area contributed by atoms with E-state index in [1.54, 1.807) is 31.0 Å². The van der Waals surface area contributed by atoms with Gasteiger partial charge >= 0.3 is 0 Å². The highest BCUT2D eigenvalue weighted by molar-refractivity contribution is 7.84. The molecule has 0 radical (unpaired) electrons. The van der Waals surface area contributed by atoms with Gasteiger partial charge in [0.2, 0.25) is 0 Å². The maximum Gasteiger partial charge on any atom is 0.162 e. The molecule has 0 spiro atoms. The minimum absolute atomic E-state index is 0.291. The van der Waals surface area contributed by atoms with Crippen molar-refractivity contribution in [3.63, 3.8) is 0 Å². The van der Waals surface area contributed by atoms with E-state index in [1.165, 1.54) is 0 Å². The van der Waals surface area contributed by atoms with Crippen LogP contribution in [0.2, 0.25) is 0 Å². The Kier molecular flexibility index (Phi) is 7.01. The van der Waals surface area contributed by atoms with Crippen molar-refractivity contribution in [3.05, 3.63) is 91.0 Å². The molecule has 5 heterocycles. The highest BCUT2D eigenvalue weighted by atomic mass is 32.2. The van der Waals surface area contributed by atoms with Crippen LogP contribution in [0.1, 0.15) is 18.4 Å². The Bertz CT molecular complexity index is 1180. The number of nitrogens with zero attached hydrogens (tertiary/aromatic N) is 7. The fourth-order valence-corrected chi connectivity index (χ4v) is 5.10. The molecule has 2 aliphatic rings. The van der Waals surface area contributed by atoms with Crippen LogP contribution in [-0.4, -0.2) is 54.2 Å². The summed E-state index contributed by atoms with van der Waals surface area (Å²) in [7, 11) is -1.34. The van der Waals surface area contributed by atoms with E-state index in [-0.39, 0.29) is 0 Å². The maximum absolute atomic E-state index is 12.5. The quantitative estimate of drug-likeness (QED) is 0.470. The molecule has 3 aromatic rings. The van der Waals surface area contributed by atoms with Crippen molar-refractivity contribution in [2.45, 2.75) is 24.9 Å². The molecular weight excluding hydrogens is 460 g/mol. The van der Waals surface area contributed by atoms with Gasteiger partial charge in [0.05, 0.1) is 0 Å². The zero-order chi connectivity index (χ0) is 23.9. The van der Waals surface area contributed by atoms with E-state index in [0.29, 0.717) is 31.2 Å². The molecule has 178 valence electrons. The molecule has 1 N–H and O–H groups in total. The number of nitrogens with one attached hydrogen (secondary N) is 1. The van der Waals surface area contributed by atoms with Crippen molar-refractivity contribution in [3.8, 4) is 0 Å². The van der Waals surface area contributed by atoms with E-state index in [9.17, 15) is 4.21 Å². The number of aliphatic imine (C=N–C) groups is 1. The Morgan fingerprint density at radius 3 is 2.37 bits per heavy atom. The van der Waals surface area contributed by atoms with E-state index >= 15 is 0 Å². The molecule has 2 aliphatic heterocycles. The van der Waals surface area contributed by atoms with Crippen molar-refractivity contribution in [1.29, 1.82) is 0 Å². The second-order valence-corrected chi connectivity index (χ2v) is 9.26. The normalized spacial score (nSPS) is 20.9. The molecule has 0 amide bonds. The maximum atomic E-state index is 12.5. The molecular formula is C25H26N8OS. The molecule has 5 rings (SSSR count). The molecule has 0 aliphatic carbocycles. The third-order valence-electron chi connectivity index (χ3n) is 5.85. The summed E-state index contributed by atoms with van der Waals surface area (Å²) in [6, 6.07) is 15.6. The van der Waals surface area contributed by atoms with Crippen LogP contribution in [0.15, 0.2) is 94.9 Å². The molecule has 9 nitrogen and oxygen atoms in total. The summed E-state index contributed by atoms with van der Waals surface area (Å²) < 4.78 is 16.9. The zero-order valence-corrected chi connectivity index (χ0v) is 20.0.